The topological polar surface area (TPSA) is 717 Å². The molecule has 0 unspecified atom stereocenters. The number of rotatable bonds is 0. The molecule has 0 bridgehead atoms. The second kappa shape index (κ2) is 138. The fourth-order valence-electron chi connectivity index (χ4n) is 0. The molecule has 0 fully saturated rings. The van der Waals surface area contributed by atoms with Crippen molar-refractivity contribution in [2.75, 3.05) is 0 Å². The molecule has 0 saturated heterocycles. The van der Waals surface area contributed by atoms with Gasteiger partial charge in [-0.05, 0) is 0 Å². The molecule has 22 N–H and O–H groups in total. The van der Waals surface area contributed by atoms with Crippen LogP contribution in [0.3, 0.4) is 0 Å². The summed E-state index contributed by atoms with van der Waals surface area (Å²) in [6.45, 7) is 0. The SMILES string of the molecule is N.N.N.N.N.N.O=[N+]([O-])[O-].O=[N+]([O-])[O-].O=[N+]([O-])[O-].O=[N+]([O-])[O-].[Cl][Pt]([Cl])([Cl])[Cl].[N].[N].[N].[N].[OH-].[OH-].[OH-].[OH-].[Pt+4].[Pt+4]. The number of hydrogen-bond donors (Lipinski definition) is 6. The van der Waals surface area contributed by atoms with Crippen LogP contribution in [0, 0.1) is 61.3 Å². The Morgan fingerprint density at radius 2 is 0.378 bits per heavy atom. The van der Waals surface area contributed by atoms with Gasteiger partial charge in [0.05, 0.1) is 20.3 Å². The fraction of sp³-hybridized carbons (Fsp3) is 0. The van der Waals surface area contributed by atoms with Crippen LogP contribution in [0.2, 0.25) is 0 Å². The van der Waals surface area contributed by atoms with E-state index in [-0.39, 0.29) is 126 Å². The Morgan fingerprint density at radius 3 is 0.378 bits per heavy atom. The van der Waals surface area contributed by atoms with Gasteiger partial charge < -0.3 is 120 Å². The van der Waals surface area contributed by atoms with Crippen LogP contribution in [-0.4, -0.2) is 42.3 Å². The van der Waals surface area contributed by atoms with Gasteiger partial charge in [0.1, 0.15) is 0 Å². The Bertz CT molecular complexity index is 262. The van der Waals surface area contributed by atoms with Crippen molar-refractivity contribution in [3.8, 4) is 0 Å². The maximum Gasteiger partial charge on any atom is 4.00 e. The molecule has 0 aromatic rings. The van der Waals surface area contributed by atoms with Crippen LogP contribution in [0.4, 0.5) is 0 Å². The summed E-state index contributed by atoms with van der Waals surface area (Å²) < 4.78 is 0. The van der Waals surface area contributed by atoms with Gasteiger partial charge in [0.2, 0.25) is 0 Å². The largest absolute Gasteiger partial charge is 4.00 e. The molecule has 0 aromatic carbocycles. The zero-order valence-corrected chi connectivity index (χ0v) is 26.8. The first-order valence-corrected chi connectivity index (χ1v) is 13.9. The number of halogens is 4. The number of hydrogen-bond acceptors (Lipinski definition) is 22. The average molecular weight is 1200 g/mol. The van der Waals surface area contributed by atoms with Gasteiger partial charge in [-0.2, -0.15) is 0 Å². The van der Waals surface area contributed by atoms with E-state index in [0.29, 0.717) is 0 Å². The predicted molar refractivity (Wildman–Crippen MR) is 111 cm³/mol. The zero-order chi connectivity index (χ0) is 18.8. The molecule has 0 atom stereocenters. The van der Waals surface area contributed by atoms with Gasteiger partial charge in [0, 0.05) is 24.6 Å². The third kappa shape index (κ3) is 139000. The fourth-order valence-corrected chi connectivity index (χ4v) is 0. The smallest absolute Gasteiger partial charge is 0.870 e. The van der Waals surface area contributed by atoms with Crippen LogP contribution in [0.25, 0.3) is 0 Å². The molecule has 0 spiro atoms. The van der Waals surface area contributed by atoms with Gasteiger partial charge in [-0.15, -0.1) is 0 Å². The molecule has 30 nitrogen and oxygen atoms in total. The van der Waals surface area contributed by atoms with Crippen molar-refractivity contribution < 1.29 is 96.3 Å². The van der Waals surface area contributed by atoms with Gasteiger partial charge in [0.25, 0.3) is 0 Å². The first-order chi connectivity index (χ1) is 8.93. The van der Waals surface area contributed by atoms with Gasteiger partial charge in [-0.3, -0.25) is 0 Å². The van der Waals surface area contributed by atoms with Gasteiger partial charge >= 0.3 is 91.7 Å². The molecule has 0 aliphatic heterocycles. The molecule has 0 heterocycles. The molecule has 0 saturated carbocycles. The van der Waals surface area contributed by atoms with E-state index >= 15 is 0 Å². The molecule has 0 rings (SSSR count). The van der Waals surface area contributed by atoms with Crippen LogP contribution in [0.5, 0.6) is 0 Å². The second-order valence-corrected chi connectivity index (χ2v) is 20.9. The summed E-state index contributed by atoms with van der Waals surface area (Å²) in [5.74, 6) is 0. The monoisotopic (exact) mass is 1200 g/mol. The van der Waals surface area contributed by atoms with E-state index in [4.69, 9.17) is 99.0 Å². The molecule has 0 aromatic heterocycles. The third-order valence-electron chi connectivity index (χ3n) is 0. The Hall–Kier alpha value is -0.535. The van der Waals surface area contributed by atoms with Crippen molar-refractivity contribution in [1.82, 2.24) is 61.5 Å². The second-order valence-electron chi connectivity index (χ2n) is 1.17. The van der Waals surface area contributed by atoms with Crippen molar-refractivity contribution in [3.05, 3.63) is 61.3 Å². The minimum absolute atomic E-state index is 0. The standard InChI is InChI=1S/4ClH.4NO3.6H3N.4N.4H2O.3Pt/c;;;;4*2-1(3)4;;;;;;;;;;;;;;;;;/h4*1H;;;;;6*1H3;;;;;4*1H2;;;/q;;;;4*-1;;;;;;;;;;;;;;;3*+4/p-8. The van der Waals surface area contributed by atoms with Crippen LogP contribution in [0.1, 0.15) is 0 Å². The van der Waals surface area contributed by atoms with Crippen LogP contribution >= 0.6 is 37.7 Å². The zero-order valence-electron chi connectivity index (χ0n) is 17.0. The Balaban J connectivity index is -0.00000000411. The van der Waals surface area contributed by atoms with E-state index in [2.05, 4.69) is 0 Å². The Morgan fingerprint density at radius 1 is 0.378 bits per heavy atom. The molecule has 246 valence electrons. The first kappa shape index (κ1) is 192. The maximum atomic E-state index is 8.25. The summed E-state index contributed by atoms with van der Waals surface area (Å²) in [4.78, 5) is 33.0. The minimum Gasteiger partial charge on any atom is -0.870 e. The average Bonchev–Trinajstić information content (AvgIpc) is 1.91. The molecule has 0 amide bonds. The van der Waals surface area contributed by atoms with Crippen LogP contribution < -0.4 is 61.5 Å². The van der Waals surface area contributed by atoms with E-state index in [0.717, 1.165) is 0 Å². The minimum atomic E-state index is -3.06. The molecular weight excluding hydrogens is 1180 g/mol. The summed E-state index contributed by atoms with van der Waals surface area (Å²) >= 11 is -3.06. The molecular formula is H22Cl4N14O16Pt3. The summed E-state index contributed by atoms with van der Waals surface area (Å²) in [7, 11) is 20.0. The molecule has 0 aliphatic carbocycles. The predicted octanol–water partition coefficient (Wildman–Crippen LogP) is 0.137. The quantitative estimate of drug-likeness (QED) is 0.139. The summed E-state index contributed by atoms with van der Waals surface area (Å²) in [6, 6.07) is 0. The van der Waals surface area contributed by atoms with E-state index in [9.17, 15) is 0 Å². The molecule has 0 aliphatic rings. The van der Waals surface area contributed by atoms with Gasteiger partial charge in [0.15, 0.2) is 0 Å². The van der Waals surface area contributed by atoms with Gasteiger partial charge in [-0.1, -0.05) is 0 Å². The molecule has 37 heavy (non-hydrogen) atoms. The normalized spacial score (nSPS) is 4.65. The third-order valence-corrected chi connectivity index (χ3v) is 0. The van der Waals surface area contributed by atoms with Gasteiger partial charge in [-0.25, -0.2) is 0 Å². The van der Waals surface area contributed by atoms with E-state index < -0.39 is 32.2 Å². The van der Waals surface area contributed by atoms with Crippen molar-refractivity contribution >= 4 is 37.7 Å². The van der Waals surface area contributed by atoms with Crippen molar-refractivity contribution in [1.29, 1.82) is 0 Å². The first-order valence-electron chi connectivity index (χ1n) is 2.67. The van der Waals surface area contributed by atoms with Crippen LogP contribution in [-0.2, 0) is 54.0 Å². The van der Waals surface area contributed by atoms with Crippen LogP contribution in [0.15, 0.2) is 0 Å². The maximum absolute atomic E-state index is 8.25. The van der Waals surface area contributed by atoms with E-state index in [1.54, 1.807) is 0 Å². The Labute approximate surface area is 255 Å². The Kier molecular flexibility index (Phi) is 716. The van der Waals surface area contributed by atoms with E-state index in [1.165, 1.54) is 0 Å². The molecule has 37 heteroatoms. The van der Waals surface area contributed by atoms with Crippen molar-refractivity contribution in [3.63, 3.8) is 0 Å². The van der Waals surface area contributed by atoms with Crippen molar-refractivity contribution in [2.24, 2.45) is 0 Å². The molecule has 12 radical (unpaired) electrons. The summed E-state index contributed by atoms with van der Waals surface area (Å²) in [6.07, 6.45) is 0. The van der Waals surface area contributed by atoms with Crippen molar-refractivity contribution in [2.45, 2.75) is 0 Å². The number of nitrogens with zero attached hydrogens (tertiary/aromatic N) is 8. The summed E-state index contributed by atoms with van der Waals surface area (Å²) in [5, 5.41) is 59.0. The van der Waals surface area contributed by atoms with E-state index in [1.807, 2.05) is 0 Å². The summed E-state index contributed by atoms with van der Waals surface area (Å²) in [5.41, 5.74) is 0.